The van der Waals surface area contributed by atoms with Crippen LogP contribution in [0.4, 0.5) is 0 Å². The first kappa shape index (κ1) is 15.4. The van der Waals surface area contributed by atoms with E-state index in [9.17, 15) is 4.79 Å². The first-order chi connectivity index (χ1) is 8.71. The molecular formula is C12H25N3O3. The molecule has 1 heterocycles. The standard InChI is InChI=1S/C12H25N3O3/c1-18-12(17)10-7-11(14-4-2-6-16)9-15(8-10)5-3-13/h10-11,14,16H,2-9,13H2,1H3. The maximum Gasteiger partial charge on any atom is 0.310 e. The fraction of sp³-hybridized carbons (Fsp3) is 0.917. The lowest BCUT2D eigenvalue weighted by molar-refractivity contribution is -0.147. The Morgan fingerprint density at radius 2 is 2.33 bits per heavy atom. The molecule has 0 spiro atoms. The molecule has 18 heavy (non-hydrogen) atoms. The average molecular weight is 259 g/mol. The monoisotopic (exact) mass is 259 g/mol. The lowest BCUT2D eigenvalue weighted by Crippen LogP contribution is -2.52. The predicted octanol–water partition coefficient (Wildman–Crippen LogP) is -1.22. The second kappa shape index (κ2) is 8.42. The van der Waals surface area contributed by atoms with Gasteiger partial charge in [-0.2, -0.15) is 0 Å². The average Bonchev–Trinajstić information content (AvgIpc) is 2.38. The van der Waals surface area contributed by atoms with Gasteiger partial charge in [-0.25, -0.2) is 0 Å². The number of nitrogens with two attached hydrogens (primary N) is 1. The van der Waals surface area contributed by atoms with Gasteiger partial charge in [0.15, 0.2) is 0 Å². The van der Waals surface area contributed by atoms with Crippen molar-refractivity contribution in [2.75, 3.05) is 46.4 Å². The molecule has 1 aliphatic heterocycles. The van der Waals surface area contributed by atoms with Gasteiger partial charge in [0.2, 0.25) is 0 Å². The third-order valence-corrected chi connectivity index (χ3v) is 3.27. The van der Waals surface area contributed by atoms with E-state index in [-0.39, 0.29) is 24.5 Å². The van der Waals surface area contributed by atoms with E-state index in [0.717, 1.165) is 39.0 Å². The summed E-state index contributed by atoms with van der Waals surface area (Å²) in [5.41, 5.74) is 5.57. The summed E-state index contributed by atoms with van der Waals surface area (Å²) in [5.74, 6) is -0.229. The molecule has 0 aromatic carbocycles. The summed E-state index contributed by atoms with van der Waals surface area (Å²) < 4.78 is 4.83. The highest BCUT2D eigenvalue weighted by Gasteiger charge is 2.31. The number of esters is 1. The number of ether oxygens (including phenoxy) is 1. The van der Waals surface area contributed by atoms with Crippen molar-refractivity contribution in [3.05, 3.63) is 0 Å². The van der Waals surface area contributed by atoms with Gasteiger partial charge in [0.05, 0.1) is 13.0 Å². The normalized spacial score (nSPS) is 25.1. The minimum absolute atomic E-state index is 0.0815. The van der Waals surface area contributed by atoms with Crippen molar-refractivity contribution in [1.29, 1.82) is 0 Å². The Morgan fingerprint density at radius 3 is 2.94 bits per heavy atom. The smallest absolute Gasteiger partial charge is 0.310 e. The topological polar surface area (TPSA) is 87.8 Å². The number of carbonyl (C=O) groups excluding carboxylic acids is 1. The van der Waals surface area contributed by atoms with Gasteiger partial charge in [-0.3, -0.25) is 9.69 Å². The molecule has 1 rings (SSSR count). The van der Waals surface area contributed by atoms with E-state index in [1.54, 1.807) is 0 Å². The Morgan fingerprint density at radius 1 is 1.56 bits per heavy atom. The van der Waals surface area contributed by atoms with Gasteiger partial charge >= 0.3 is 5.97 Å². The number of hydrogen-bond acceptors (Lipinski definition) is 6. The number of aliphatic hydroxyl groups is 1. The summed E-state index contributed by atoms with van der Waals surface area (Å²) in [6.07, 6.45) is 1.52. The van der Waals surface area contributed by atoms with Crippen LogP contribution in [0.1, 0.15) is 12.8 Å². The number of nitrogens with one attached hydrogen (secondary N) is 1. The van der Waals surface area contributed by atoms with Crippen LogP contribution in [0, 0.1) is 5.92 Å². The number of likely N-dealkylation sites (tertiary alicyclic amines) is 1. The van der Waals surface area contributed by atoms with Crippen LogP contribution in [-0.4, -0.2) is 68.5 Å². The summed E-state index contributed by atoms with van der Waals surface area (Å²) in [4.78, 5) is 13.8. The van der Waals surface area contributed by atoms with E-state index in [4.69, 9.17) is 15.6 Å². The number of hydrogen-bond donors (Lipinski definition) is 3. The molecular weight excluding hydrogens is 234 g/mol. The summed E-state index contributed by atoms with van der Waals surface area (Å²) in [6.45, 7) is 3.97. The molecule has 6 heteroatoms. The van der Waals surface area contributed by atoms with E-state index >= 15 is 0 Å². The number of aliphatic hydroxyl groups excluding tert-OH is 1. The summed E-state index contributed by atoms with van der Waals surface area (Å²) in [6, 6.07) is 0.265. The molecule has 0 aromatic heterocycles. The molecule has 106 valence electrons. The lowest BCUT2D eigenvalue weighted by Gasteiger charge is -2.36. The second-order valence-electron chi connectivity index (χ2n) is 4.73. The highest BCUT2D eigenvalue weighted by molar-refractivity contribution is 5.72. The fourth-order valence-corrected chi connectivity index (χ4v) is 2.43. The highest BCUT2D eigenvalue weighted by Crippen LogP contribution is 2.18. The largest absolute Gasteiger partial charge is 0.469 e. The highest BCUT2D eigenvalue weighted by atomic mass is 16.5. The molecule has 1 aliphatic rings. The molecule has 0 aromatic rings. The number of nitrogens with zero attached hydrogens (tertiary/aromatic N) is 1. The van der Waals surface area contributed by atoms with Crippen molar-refractivity contribution in [3.63, 3.8) is 0 Å². The molecule has 1 fully saturated rings. The first-order valence-electron chi connectivity index (χ1n) is 6.55. The van der Waals surface area contributed by atoms with Crippen LogP contribution in [0.2, 0.25) is 0 Å². The quantitative estimate of drug-likeness (QED) is 0.392. The zero-order chi connectivity index (χ0) is 13.4. The fourth-order valence-electron chi connectivity index (χ4n) is 2.43. The number of rotatable bonds is 7. The summed E-state index contributed by atoms with van der Waals surface area (Å²) >= 11 is 0. The molecule has 2 unspecified atom stereocenters. The lowest BCUT2D eigenvalue weighted by atomic mass is 9.94. The maximum atomic E-state index is 11.6. The van der Waals surface area contributed by atoms with Crippen LogP contribution in [0.25, 0.3) is 0 Å². The Hall–Kier alpha value is -0.690. The molecule has 2 atom stereocenters. The van der Waals surface area contributed by atoms with Crippen molar-refractivity contribution in [2.24, 2.45) is 11.7 Å². The molecule has 6 nitrogen and oxygen atoms in total. The van der Waals surface area contributed by atoms with E-state index in [1.807, 2.05) is 0 Å². The molecule has 4 N–H and O–H groups in total. The molecule has 0 saturated carbocycles. The van der Waals surface area contributed by atoms with Crippen molar-refractivity contribution in [1.82, 2.24) is 10.2 Å². The van der Waals surface area contributed by atoms with Crippen molar-refractivity contribution in [3.8, 4) is 0 Å². The molecule has 0 bridgehead atoms. The summed E-state index contributed by atoms with van der Waals surface area (Å²) in [7, 11) is 1.43. The van der Waals surface area contributed by atoms with Crippen molar-refractivity contribution in [2.45, 2.75) is 18.9 Å². The molecule has 0 amide bonds. The minimum Gasteiger partial charge on any atom is -0.469 e. The third-order valence-electron chi connectivity index (χ3n) is 3.27. The van der Waals surface area contributed by atoms with E-state index in [2.05, 4.69) is 10.2 Å². The van der Waals surface area contributed by atoms with E-state index < -0.39 is 0 Å². The number of carbonyl (C=O) groups is 1. The van der Waals surface area contributed by atoms with Crippen LogP contribution < -0.4 is 11.1 Å². The van der Waals surface area contributed by atoms with Crippen LogP contribution in [0.15, 0.2) is 0 Å². The van der Waals surface area contributed by atoms with Gasteiger partial charge < -0.3 is 20.9 Å². The Bertz CT molecular complexity index is 251. The van der Waals surface area contributed by atoms with Crippen LogP contribution >= 0.6 is 0 Å². The Balaban J connectivity index is 2.48. The Labute approximate surface area is 108 Å². The third kappa shape index (κ3) is 4.89. The SMILES string of the molecule is COC(=O)C1CC(NCCCO)CN(CCN)C1. The Kier molecular flexibility index (Phi) is 7.19. The van der Waals surface area contributed by atoms with Gasteiger partial charge in [0.1, 0.15) is 0 Å². The van der Waals surface area contributed by atoms with Gasteiger partial charge in [-0.1, -0.05) is 0 Å². The van der Waals surface area contributed by atoms with Gasteiger partial charge in [0.25, 0.3) is 0 Å². The van der Waals surface area contributed by atoms with E-state index in [0.29, 0.717) is 6.54 Å². The van der Waals surface area contributed by atoms with Crippen LogP contribution in [0.5, 0.6) is 0 Å². The van der Waals surface area contributed by atoms with Crippen molar-refractivity contribution >= 4 is 5.97 Å². The second-order valence-corrected chi connectivity index (χ2v) is 4.73. The van der Waals surface area contributed by atoms with Crippen molar-refractivity contribution < 1.29 is 14.6 Å². The molecule has 1 saturated heterocycles. The van der Waals surface area contributed by atoms with Crippen LogP contribution in [0.3, 0.4) is 0 Å². The maximum absolute atomic E-state index is 11.6. The van der Waals surface area contributed by atoms with E-state index in [1.165, 1.54) is 7.11 Å². The molecule has 0 aliphatic carbocycles. The minimum atomic E-state index is -0.148. The number of piperidine rings is 1. The van der Waals surface area contributed by atoms with Gasteiger partial charge in [-0.15, -0.1) is 0 Å². The number of methoxy groups -OCH3 is 1. The first-order valence-corrected chi connectivity index (χ1v) is 6.55. The van der Waals surface area contributed by atoms with Gasteiger partial charge in [0, 0.05) is 38.8 Å². The summed E-state index contributed by atoms with van der Waals surface area (Å²) in [5, 5.41) is 12.1. The van der Waals surface area contributed by atoms with Crippen LogP contribution in [-0.2, 0) is 9.53 Å². The van der Waals surface area contributed by atoms with Gasteiger partial charge in [-0.05, 0) is 19.4 Å². The predicted molar refractivity (Wildman–Crippen MR) is 69.1 cm³/mol. The zero-order valence-electron chi connectivity index (χ0n) is 11.1. The zero-order valence-corrected chi connectivity index (χ0v) is 11.1. The molecule has 0 radical (unpaired) electrons.